The van der Waals surface area contributed by atoms with Gasteiger partial charge < -0.3 is 5.32 Å². The third-order valence-corrected chi connectivity index (χ3v) is 3.88. The van der Waals surface area contributed by atoms with Gasteiger partial charge >= 0.3 is 0 Å². The van der Waals surface area contributed by atoms with Crippen molar-refractivity contribution in [3.63, 3.8) is 0 Å². The van der Waals surface area contributed by atoms with Crippen LogP contribution in [-0.4, -0.2) is 6.54 Å². The molecular formula is C19H25N. The van der Waals surface area contributed by atoms with Gasteiger partial charge in [0.1, 0.15) is 0 Å². The molecule has 0 unspecified atom stereocenters. The summed E-state index contributed by atoms with van der Waals surface area (Å²) in [6.07, 6.45) is 1.11. The maximum absolute atomic E-state index is 3.58. The van der Waals surface area contributed by atoms with Crippen LogP contribution < -0.4 is 5.32 Å². The maximum atomic E-state index is 3.58. The first-order valence-corrected chi connectivity index (χ1v) is 7.46. The average molecular weight is 267 g/mol. The lowest BCUT2D eigenvalue weighted by Gasteiger charge is -2.25. The van der Waals surface area contributed by atoms with E-state index in [0.717, 1.165) is 19.5 Å². The smallest absolute Gasteiger partial charge is 0.0205 e. The largest absolute Gasteiger partial charge is 0.312 e. The third-order valence-electron chi connectivity index (χ3n) is 3.88. The van der Waals surface area contributed by atoms with E-state index in [-0.39, 0.29) is 5.41 Å². The molecule has 0 aliphatic carbocycles. The molecule has 2 aromatic rings. The van der Waals surface area contributed by atoms with Crippen molar-refractivity contribution in [3.8, 4) is 0 Å². The van der Waals surface area contributed by atoms with Gasteiger partial charge in [0.2, 0.25) is 0 Å². The molecule has 1 heteroatoms. The Morgan fingerprint density at radius 2 is 1.45 bits per heavy atom. The number of aryl methyl sites for hydroxylation is 1. The Bertz CT molecular complexity index is 511. The van der Waals surface area contributed by atoms with Gasteiger partial charge in [-0.3, -0.25) is 0 Å². The molecule has 1 N–H and O–H groups in total. The summed E-state index contributed by atoms with van der Waals surface area (Å²) in [5.41, 5.74) is 4.29. The zero-order valence-corrected chi connectivity index (χ0v) is 12.8. The van der Waals surface area contributed by atoms with Gasteiger partial charge in [-0.25, -0.2) is 0 Å². The summed E-state index contributed by atoms with van der Waals surface area (Å²) in [6, 6.07) is 19.6. The molecule has 0 atom stereocenters. The van der Waals surface area contributed by atoms with Crippen molar-refractivity contribution in [2.24, 2.45) is 0 Å². The molecule has 0 fully saturated rings. The van der Waals surface area contributed by atoms with Gasteiger partial charge in [0, 0.05) is 18.5 Å². The molecule has 0 aliphatic rings. The van der Waals surface area contributed by atoms with Gasteiger partial charge in [-0.05, 0) is 23.1 Å². The summed E-state index contributed by atoms with van der Waals surface area (Å²) >= 11 is 0. The van der Waals surface area contributed by atoms with Crippen molar-refractivity contribution < 1.29 is 0 Å². The summed E-state index contributed by atoms with van der Waals surface area (Å²) < 4.78 is 0. The fourth-order valence-electron chi connectivity index (χ4n) is 2.40. The van der Waals surface area contributed by atoms with Gasteiger partial charge in [-0.1, -0.05) is 75.4 Å². The van der Waals surface area contributed by atoms with E-state index in [9.17, 15) is 0 Å². The molecule has 2 aromatic carbocycles. The third kappa shape index (κ3) is 3.94. The molecule has 0 heterocycles. The highest BCUT2D eigenvalue weighted by atomic mass is 14.9. The fraction of sp³-hybridized carbons (Fsp3) is 0.368. The first-order chi connectivity index (χ1) is 9.62. The van der Waals surface area contributed by atoms with Gasteiger partial charge in [-0.15, -0.1) is 0 Å². The fourth-order valence-corrected chi connectivity index (χ4v) is 2.40. The van der Waals surface area contributed by atoms with E-state index in [0.29, 0.717) is 0 Å². The summed E-state index contributed by atoms with van der Waals surface area (Å²) in [6.45, 7) is 8.67. The number of benzene rings is 2. The zero-order chi connectivity index (χ0) is 14.4. The van der Waals surface area contributed by atoms with Crippen LogP contribution in [0.4, 0.5) is 0 Å². The molecule has 0 aromatic heterocycles. The molecule has 2 rings (SSSR count). The monoisotopic (exact) mass is 267 g/mol. The second-order valence-corrected chi connectivity index (χ2v) is 6.02. The molecule has 20 heavy (non-hydrogen) atoms. The lowest BCUT2D eigenvalue weighted by molar-refractivity contribution is 0.469. The SMILES string of the molecule is CCc1ccc(CNCC(C)(C)c2ccccc2)cc1. The van der Waals surface area contributed by atoms with Crippen LogP contribution in [0.5, 0.6) is 0 Å². The lowest BCUT2D eigenvalue weighted by atomic mass is 9.84. The van der Waals surface area contributed by atoms with Gasteiger partial charge in [0.15, 0.2) is 0 Å². The van der Waals surface area contributed by atoms with E-state index in [4.69, 9.17) is 0 Å². The summed E-state index contributed by atoms with van der Waals surface area (Å²) in [4.78, 5) is 0. The molecule has 0 amide bonds. The first kappa shape index (κ1) is 14.8. The molecule has 0 bridgehead atoms. The number of hydrogen-bond acceptors (Lipinski definition) is 1. The number of rotatable bonds is 6. The normalized spacial score (nSPS) is 11.6. The van der Waals surface area contributed by atoms with Gasteiger partial charge in [0.05, 0.1) is 0 Å². The molecular weight excluding hydrogens is 242 g/mol. The van der Waals surface area contributed by atoms with E-state index >= 15 is 0 Å². The highest BCUT2D eigenvalue weighted by Crippen LogP contribution is 2.21. The minimum Gasteiger partial charge on any atom is -0.312 e. The van der Waals surface area contributed by atoms with Crippen LogP contribution in [0, 0.1) is 0 Å². The van der Waals surface area contributed by atoms with Crippen LogP contribution in [0.3, 0.4) is 0 Å². The predicted molar refractivity (Wildman–Crippen MR) is 87.0 cm³/mol. The Balaban J connectivity index is 1.88. The second-order valence-electron chi connectivity index (χ2n) is 6.02. The average Bonchev–Trinajstić information content (AvgIpc) is 2.49. The summed E-state index contributed by atoms with van der Waals surface area (Å²) in [5.74, 6) is 0. The molecule has 0 saturated carbocycles. The predicted octanol–water partition coefficient (Wildman–Crippen LogP) is 4.32. The molecule has 1 nitrogen and oxygen atoms in total. The van der Waals surface area contributed by atoms with Crippen LogP contribution in [0.1, 0.15) is 37.5 Å². The summed E-state index contributed by atoms with van der Waals surface area (Å²) in [7, 11) is 0. The minimum absolute atomic E-state index is 0.157. The van der Waals surface area contributed by atoms with E-state index in [2.05, 4.69) is 80.7 Å². The van der Waals surface area contributed by atoms with Crippen LogP contribution in [0.25, 0.3) is 0 Å². The molecule has 0 spiro atoms. The van der Waals surface area contributed by atoms with Crippen molar-refractivity contribution in [1.82, 2.24) is 5.32 Å². The maximum Gasteiger partial charge on any atom is 0.0205 e. The van der Waals surface area contributed by atoms with E-state index in [1.54, 1.807) is 0 Å². The van der Waals surface area contributed by atoms with Crippen molar-refractivity contribution in [2.45, 2.75) is 39.2 Å². The molecule has 0 aliphatic heterocycles. The second kappa shape index (κ2) is 6.71. The highest BCUT2D eigenvalue weighted by Gasteiger charge is 2.19. The lowest BCUT2D eigenvalue weighted by Crippen LogP contribution is -2.32. The minimum atomic E-state index is 0.157. The van der Waals surface area contributed by atoms with Crippen molar-refractivity contribution in [1.29, 1.82) is 0 Å². The first-order valence-electron chi connectivity index (χ1n) is 7.46. The standard InChI is InChI=1S/C19H25N/c1-4-16-10-12-17(13-11-16)14-20-15-19(2,3)18-8-6-5-7-9-18/h5-13,20H,4,14-15H2,1-3H3. The highest BCUT2D eigenvalue weighted by molar-refractivity contribution is 5.25. The van der Waals surface area contributed by atoms with Crippen LogP contribution in [-0.2, 0) is 18.4 Å². The Hall–Kier alpha value is -1.60. The van der Waals surface area contributed by atoms with Crippen molar-refractivity contribution >= 4 is 0 Å². The van der Waals surface area contributed by atoms with Gasteiger partial charge in [-0.2, -0.15) is 0 Å². The van der Waals surface area contributed by atoms with E-state index < -0.39 is 0 Å². The Kier molecular flexibility index (Phi) is 4.97. The molecule has 0 radical (unpaired) electrons. The van der Waals surface area contributed by atoms with Crippen LogP contribution >= 0.6 is 0 Å². The van der Waals surface area contributed by atoms with Crippen molar-refractivity contribution in [3.05, 3.63) is 71.3 Å². The zero-order valence-electron chi connectivity index (χ0n) is 12.8. The Labute approximate surface area is 123 Å². The number of hydrogen-bond donors (Lipinski definition) is 1. The van der Waals surface area contributed by atoms with Crippen LogP contribution in [0.15, 0.2) is 54.6 Å². The topological polar surface area (TPSA) is 12.0 Å². The van der Waals surface area contributed by atoms with E-state index in [1.807, 2.05) is 0 Å². The molecule has 106 valence electrons. The van der Waals surface area contributed by atoms with Crippen LogP contribution in [0.2, 0.25) is 0 Å². The quantitative estimate of drug-likeness (QED) is 0.822. The van der Waals surface area contributed by atoms with E-state index in [1.165, 1.54) is 16.7 Å². The van der Waals surface area contributed by atoms with Crippen molar-refractivity contribution in [2.75, 3.05) is 6.54 Å². The molecule has 0 saturated heterocycles. The Morgan fingerprint density at radius 1 is 0.850 bits per heavy atom. The number of nitrogens with one attached hydrogen (secondary N) is 1. The summed E-state index contributed by atoms with van der Waals surface area (Å²) in [5, 5.41) is 3.58. The Morgan fingerprint density at radius 3 is 2.05 bits per heavy atom. The van der Waals surface area contributed by atoms with Gasteiger partial charge in [0.25, 0.3) is 0 Å².